The van der Waals surface area contributed by atoms with Gasteiger partial charge in [0.2, 0.25) is 0 Å². The van der Waals surface area contributed by atoms with Crippen LogP contribution in [0.25, 0.3) is 10.9 Å². The lowest BCUT2D eigenvalue weighted by atomic mass is 10.0. The molecule has 0 aliphatic heterocycles. The molecule has 0 aliphatic carbocycles. The van der Waals surface area contributed by atoms with E-state index in [2.05, 4.69) is 10.3 Å². The third-order valence-corrected chi connectivity index (χ3v) is 6.80. The number of amides is 1. The number of hydrogen-bond donors (Lipinski definition) is 1. The number of methoxy groups -OCH3 is 1. The average molecular weight is 515 g/mol. The number of pyridine rings is 1. The van der Waals surface area contributed by atoms with Gasteiger partial charge in [-0.25, -0.2) is 9.59 Å². The number of rotatable bonds is 10. The highest BCUT2D eigenvalue weighted by molar-refractivity contribution is 7.53. The minimum absolute atomic E-state index is 0.0397. The molecule has 11 heteroatoms. The zero-order valence-corrected chi connectivity index (χ0v) is 22.0. The van der Waals surface area contributed by atoms with Gasteiger partial charge in [0.05, 0.1) is 32.0 Å². The smallest absolute Gasteiger partial charge is 0.408 e. The van der Waals surface area contributed by atoms with Gasteiger partial charge in [0, 0.05) is 22.5 Å². The minimum Gasteiger partial charge on any atom is -0.467 e. The number of esters is 1. The number of hydrogen-bond acceptors (Lipinski definition) is 8. The number of ether oxygens (including phenoxy) is 2. The van der Waals surface area contributed by atoms with Gasteiger partial charge in [-0.05, 0) is 58.4 Å². The molecule has 1 heterocycles. The molecule has 0 bridgehead atoms. The first-order chi connectivity index (χ1) is 15.9. The van der Waals surface area contributed by atoms with Crippen molar-refractivity contribution in [3.8, 4) is 0 Å². The Morgan fingerprint density at radius 2 is 1.79 bits per heavy atom. The lowest BCUT2D eigenvalue weighted by molar-refractivity contribution is -0.143. The second-order valence-corrected chi connectivity index (χ2v) is 11.0. The maximum atomic E-state index is 13.3. The molecular formula is C23H32ClN2O7P. The van der Waals surface area contributed by atoms with Gasteiger partial charge >= 0.3 is 19.7 Å². The van der Waals surface area contributed by atoms with Crippen LogP contribution >= 0.6 is 19.2 Å². The molecule has 0 spiro atoms. The van der Waals surface area contributed by atoms with E-state index in [-0.39, 0.29) is 25.8 Å². The summed E-state index contributed by atoms with van der Waals surface area (Å²) in [7, 11) is -2.26. The van der Waals surface area contributed by atoms with Crippen molar-refractivity contribution >= 4 is 42.2 Å². The lowest BCUT2D eigenvalue weighted by Crippen LogP contribution is -2.45. The Kier molecular flexibility index (Phi) is 9.88. The maximum absolute atomic E-state index is 13.3. The summed E-state index contributed by atoms with van der Waals surface area (Å²) in [5, 5.41) is 3.79. The third-order valence-electron chi connectivity index (χ3n) is 4.54. The van der Waals surface area contributed by atoms with Gasteiger partial charge in [-0.15, -0.1) is 0 Å². The lowest BCUT2D eigenvalue weighted by Gasteiger charge is -2.23. The van der Waals surface area contributed by atoms with Crippen molar-refractivity contribution in [2.24, 2.45) is 0 Å². The normalized spacial score (nSPS) is 12.9. The molecular weight excluding hydrogens is 483 g/mol. The number of benzene rings is 1. The Labute approximate surface area is 205 Å². The first-order valence-corrected chi connectivity index (χ1v) is 13.0. The van der Waals surface area contributed by atoms with Crippen LogP contribution in [0.2, 0.25) is 5.02 Å². The molecule has 1 aromatic carbocycles. The van der Waals surface area contributed by atoms with E-state index >= 15 is 0 Å². The van der Waals surface area contributed by atoms with Gasteiger partial charge in [0.15, 0.2) is 0 Å². The molecule has 188 valence electrons. The van der Waals surface area contributed by atoms with E-state index in [1.807, 2.05) is 0 Å². The number of halogens is 1. The Bertz CT molecular complexity index is 1060. The molecule has 34 heavy (non-hydrogen) atoms. The first-order valence-electron chi connectivity index (χ1n) is 10.9. The molecule has 0 aliphatic rings. The van der Waals surface area contributed by atoms with E-state index in [0.717, 1.165) is 5.39 Å². The van der Waals surface area contributed by atoms with E-state index in [4.69, 9.17) is 30.1 Å². The predicted molar refractivity (Wildman–Crippen MR) is 130 cm³/mol. The molecule has 2 aromatic rings. The van der Waals surface area contributed by atoms with Crippen LogP contribution in [0.5, 0.6) is 0 Å². The van der Waals surface area contributed by atoms with Crippen LogP contribution in [0.1, 0.15) is 45.9 Å². The number of nitrogens with zero attached hydrogens (tertiary/aromatic N) is 1. The van der Waals surface area contributed by atoms with Crippen molar-refractivity contribution in [3.05, 3.63) is 40.5 Å². The van der Waals surface area contributed by atoms with Gasteiger partial charge in [-0.2, -0.15) is 0 Å². The van der Waals surface area contributed by atoms with Crippen molar-refractivity contribution in [1.29, 1.82) is 0 Å². The van der Waals surface area contributed by atoms with E-state index in [0.29, 0.717) is 21.8 Å². The van der Waals surface area contributed by atoms with Gasteiger partial charge in [0.1, 0.15) is 11.6 Å². The molecule has 9 nitrogen and oxygen atoms in total. The zero-order valence-electron chi connectivity index (χ0n) is 20.3. The van der Waals surface area contributed by atoms with E-state index < -0.39 is 31.3 Å². The molecule has 0 unspecified atom stereocenters. The molecule has 1 amide bonds. The van der Waals surface area contributed by atoms with Crippen molar-refractivity contribution in [1.82, 2.24) is 10.3 Å². The van der Waals surface area contributed by atoms with Gasteiger partial charge in [-0.3, -0.25) is 9.55 Å². The van der Waals surface area contributed by atoms with Crippen LogP contribution in [-0.2, 0) is 40.5 Å². The van der Waals surface area contributed by atoms with Crippen LogP contribution in [0.15, 0.2) is 24.3 Å². The molecule has 0 saturated heterocycles. The fourth-order valence-electron chi connectivity index (χ4n) is 3.25. The van der Waals surface area contributed by atoms with Crippen molar-refractivity contribution in [2.45, 2.75) is 58.8 Å². The summed E-state index contributed by atoms with van der Waals surface area (Å²) in [5.41, 5.74) is 0.797. The van der Waals surface area contributed by atoms with Crippen LogP contribution in [0.3, 0.4) is 0 Å². The molecule has 0 fully saturated rings. The standard InChI is InChI=1S/C23H32ClN2O7P/c1-7-31-34(29,32-8-2)14-16-11-15-9-10-17(24)12-18(15)25-19(16)13-20(21(27)30-6)26-22(28)33-23(3,4)5/h9-12,20H,7-8,13-14H2,1-6H3,(H,26,28)/t20-/m1/s1. The Balaban J connectivity index is 2.50. The van der Waals surface area contributed by atoms with Crippen molar-refractivity contribution in [3.63, 3.8) is 0 Å². The summed E-state index contributed by atoms with van der Waals surface area (Å²) in [4.78, 5) is 29.5. The van der Waals surface area contributed by atoms with Gasteiger partial charge in [0.25, 0.3) is 0 Å². The topological polar surface area (TPSA) is 113 Å². The average Bonchev–Trinajstić information content (AvgIpc) is 2.72. The second kappa shape index (κ2) is 12.0. The predicted octanol–water partition coefficient (Wildman–Crippen LogP) is 5.26. The summed E-state index contributed by atoms with van der Waals surface area (Å²) < 4.78 is 34.3. The monoisotopic (exact) mass is 514 g/mol. The second-order valence-electron chi connectivity index (χ2n) is 8.46. The van der Waals surface area contributed by atoms with E-state index in [1.54, 1.807) is 58.9 Å². The zero-order chi connectivity index (χ0) is 25.5. The third kappa shape index (κ3) is 8.24. The molecule has 0 saturated carbocycles. The number of fused-ring (bicyclic) bond motifs is 1. The maximum Gasteiger partial charge on any atom is 0.408 e. The summed E-state index contributed by atoms with van der Waals surface area (Å²) in [5.74, 6) is -0.678. The summed E-state index contributed by atoms with van der Waals surface area (Å²) in [6.45, 7) is 9.00. The highest BCUT2D eigenvalue weighted by Gasteiger charge is 2.30. The Morgan fingerprint density at radius 3 is 2.35 bits per heavy atom. The summed E-state index contributed by atoms with van der Waals surface area (Å²) >= 11 is 6.14. The highest BCUT2D eigenvalue weighted by atomic mass is 35.5. The van der Waals surface area contributed by atoms with Gasteiger partial charge < -0.3 is 23.8 Å². The number of nitrogens with one attached hydrogen (secondary N) is 1. The van der Waals surface area contributed by atoms with Crippen LogP contribution in [0, 0.1) is 0 Å². The van der Waals surface area contributed by atoms with Crippen LogP contribution in [-0.4, -0.2) is 49.0 Å². The number of alkyl carbamates (subject to hydrolysis) is 1. The van der Waals surface area contributed by atoms with E-state index in [1.165, 1.54) is 7.11 Å². The first kappa shape index (κ1) is 28.1. The number of aromatic nitrogens is 1. The Hall–Kier alpha value is -2.19. The Morgan fingerprint density at radius 1 is 1.15 bits per heavy atom. The SMILES string of the molecule is CCOP(=O)(Cc1cc2ccc(Cl)cc2nc1C[C@@H](NC(=O)OC(C)(C)C)C(=O)OC)OCC. The molecule has 0 radical (unpaired) electrons. The van der Waals surface area contributed by atoms with E-state index in [9.17, 15) is 14.2 Å². The summed E-state index contributed by atoms with van der Waals surface area (Å²) in [6.07, 6.45) is -0.875. The fraction of sp³-hybridized carbons (Fsp3) is 0.522. The molecule has 1 N–H and O–H groups in total. The molecule has 1 aromatic heterocycles. The number of carbonyl (C=O) groups excluding carboxylic acids is 2. The van der Waals surface area contributed by atoms with Crippen LogP contribution < -0.4 is 5.32 Å². The number of carbonyl (C=O) groups is 2. The van der Waals surface area contributed by atoms with Crippen molar-refractivity contribution in [2.75, 3.05) is 20.3 Å². The van der Waals surface area contributed by atoms with Crippen LogP contribution in [0.4, 0.5) is 4.79 Å². The highest BCUT2D eigenvalue weighted by Crippen LogP contribution is 2.51. The largest absolute Gasteiger partial charge is 0.467 e. The van der Waals surface area contributed by atoms with Crippen molar-refractivity contribution < 1.29 is 32.7 Å². The minimum atomic E-state index is -3.48. The summed E-state index contributed by atoms with van der Waals surface area (Å²) in [6, 6.07) is 5.91. The molecule has 2 rings (SSSR count). The quantitative estimate of drug-likeness (QED) is 0.337. The molecule has 1 atom stereocenters. The fourth-order valence-corrected chi connectivity index (χ4v) is 5.15. The van der Waals surface area contributed by atoms with Gasteiger partial charge in [-0.1, -0.05) is 17.7 Å².